The van der Waals surface area contributed by atoms with Crippen molar-refractivity contribution in [1.82, 2.24) is 9.55 Å². The van der Waals surface area contributed by atoms with E-state index in [2.05, 4.69) is 15.1 Å². The van der Waals surface area contributed by atoms with Gasteiger partial charge in [0, 0.05) is 18.3 Å². The predicted octanol–water partition coefficient (Wildman–Crippen LogP) is 4.37. The summed E-state index contributed by atoms with van der Waals surface area (Å²) in [4.78, 5) is 19.9. The van der Waals surface area contributed by atoms with Crippen molar-refractivity contribution in [2.45, 2.75) is 6.54 Å². The van der Waals surface area contributed by atoms with Gasteiger partial charge in [-0.3, -0.25) is 4.79 Å². The second-order valence-electron chi connectivity index (χ2n) is 5.52. The normalized spacial score (nSPS) is 12.6. The highest BCUT2D eigenvalue weighted by Gasteiger charge is 2.21. The van der Waals surface area contributed by atoms with E-state index in [0.717, 1.165) is 16.7 Å². The van der Waals surface area contributed by atoms with Crippen molar-refractivity contribution in [3.05, 3.63) is 76.6 Å². The second kappa shape index (κ2) is 5.52. The number of nitrogens with zero attached hydrogens (tertiary/aromatic N) is 3. The maximum Gasteiger partial charge on any atom is 0.272 e. The van der Waals surface area contributed by atoms with Crippen LogP contribution in [0.1, 0.15) is 16.1 Å². The molecular weight excluding hydrogens is 324 g/mol. The highest BCUT2D eigenvalue weighted by Crippen LogP contribution is 2.29. The fourth-order valence-corrected chi connectivity index (χ4v) is 2.98. The van der Waals surface area contributed by atoms with Crippen LogP contribution < -0.4 is 5.32 Å². The third-order valence-electron chi connectivity index (χ3n) is 4.00. The number of nitrogens with one attached hydrogen (secondary N) is 1. The molecule has 0 saturated heterocycles. The van der Waals surface area contributed by atoms with Crippen molar-refractivity contribution >= 4 is 28.9 Å². The molecule has 3 heterocycles. The van der Waals surface area contributed by atoms with E-state index >= 15 is 0 Å². The molecule has 3 aromatic rings. The van der Waals surface area contributed by atoms with E-state index in [1.165, 1.54) is 0 Å². The molecule has 116 valence electrons. The van der Waals surface area contributed by atoms with Crippen molar-refractivity contribution in [2.75, 3.05) is 5.32 Å². The zero-order valence-corrected chi connectivity index (χ0v) is 13.2. The molecule has 0 saturated carbocycles. The van der Waals surface area contributed by atoms with Crippen molar-refractivity contribution in [3.8, 4) is 11.1 Å². The Morgan fingerprint density at radius 1 is 1.21 bits per heavy atom. The Balaban J connectivity index is 1.77. The summed E-state index contributed by atoms with van der Waals surface area (Å²) in [6.45, 7) is 7.55. The van der Waals surface area contributed by atoms with Gasteiger partial charge in [-0.15, -0.1) is 0 Å². The first-order valence-corrected chi connectivity index (χ1v) is 7.66. The van der Waals surface area contributed by atoms with E-state index in [9.17, 15) is 4.79 Å². The van der Waals surface area contributed by atoms with Gasteiger partial charge in [-0.1, -0.05) is 35.9 Å². The lowest BCUT2D eigenvalue weighted by Crippen LogP contribution is -2.13. The summed E-state index contributed by atoms with van der Waals surface area (Å²) in [7, 11) is 0. The predicted molar refractivity (Wildman–Crippen MR) is 92.4 cm³/mol. The monoisotopic (exact) mass is 334 g/mol. The van der Waals surface area contributed by atoms with Gasteiger partial charge in [-0.05, 0) is 23.3 Å². The van der Waals surface area contributed by atoms with Gasteiger partial charge in [0.15, 0.2) is 5.69 Å². The Kier molecular flexibility index (Phi) is 3.33. The minimum Gasteiger partial charge on any atom is -0.338 e. The number of rotatable bonds is 1. The average Bonchev–Trinajstić information content (AvgIpc) is 2.96. The molecule has 0 fully saturated rings. The zero-order chi connectivity index (χ0) is 16.7. The zero-order valence-electron chi connectivity index (χ0n) is 12.5. The number of fused-ring (bicyclic) bond motifs is 2. The molecular formula is C18H11ClN4O. The Labute approximate surface area is 143 Å². The first-order chi connectivity index (χ1) is 11.6. The molecule has 0 spiro atoms. The number of halogens is 1. The quantitative estimate of drug-likeness (QED) is 0.530. The first-order valence-electron chi connectivity index (χ1n) is 7.28. The molecule has 0 bridgehead atoms. The van der Waals surface area contributed by atoms with E-state index in [1.807, 2.05) is 29.0 Å². The average molecular weight is 335 g/mol. The molecule has 4 rings (SSSR count). The molecule has 0 radical (unpaired) electrons. The Morgan fingerprint density at radius 2 is 2.00 bits per heavy atom. The minimum absolute atomic E-state index is 0.179. The Morgan fingerprint density at radius 3 is 2.75 bits per heavy atom. The van der Waals surface area contributed by atoms with E-state index in [1.54, 1.807) is 24.4 Å². The lowest BCUT2D eigenvalue weighted by molar-refractivity contribution is 0.102. The van der Waals surface area contributed by atoms with Gasteiger partial charge in [0.25, 0.3) is 5.91 Å². The number of carbonyl (C=O) groups excluding carboxylic acids is 1. The second-order valence-corrected chi connectivity index (χ2v) is 5.91. The van der Waals surface area contributed by atoms with Gasteiger partial charge in [0.2, 0.25) is 0 Å². The number of benzene rings is 1. The molecule has 1 aromatic carbocycles. The minimum atomic E-state index is -0.179. The standard InChI is InChI=1S/C18H11ClN4O/c1-20-14-4-2-11(3-5-14)12-6-16-18(24)22-15-8-21-17(19)7-13(15)10-23(16)9-12/h2-9H,10H2,(H,22,24). The summed E-state index contributed by atoms with van der Waals surface area (Å²) in [6.07, 6.45) is 3.51. The lowest BCUT2D eigenvalue weighted by atomic mass is 10.1. The van der Waals surface area contributed by atoms with Crippen LogP contribution in [0.25, 0.3) is 16.0 Å². The van der Waals surface area contributed by atoms with E-state index < -0.39 is 0 Å². The van der Waals surface area contributed by atoms with Gasteiger partial charge in [0.1, 0.15) is 10.8 Å². The van der Waals surface area contributed by atoms with E-state index in [4.69, 9.17) is 18.2 Å². The van der Waals surface area contributed by atoms with Crippen LogP contribution in [0, 0.1) is 6.57 Å². The van der Waals surface area contributed by atoms with Gasteiger partial charge >= 0.3 is 0 Å². The molecule has 24 heavy (non-hydrogen) atoms. The maximum absolute atomic E-state index is 12.5. The SMILES string of the molecule is [C-]#[N+]c1ccc(-c2cc3n(c2)Cc2cc(Cl)ncc2NC3=O)cc1. The van der Waals surface area contributed by atoms with E-state index in [0.29, 0.717) is 28.8 Å². The van der Waals surface area contributed by atoms with Crippen LogP contribution in [0.3, 0.4) is 0 Å². The number of amides is 1. The van der Waals surface area contributed by atoms with Crippen LogP contribution in [0.5, 0.6) is 0 Å². The molecule has 1 aliphatic rings. The smallest absolute Gasteiger partial charge is 0.272 e. The Bertz CT molecular complexity index is 999. The van der Waals surface area contributed by atoms with Crippen LogP contribution in [-0.4, -0.2) is 15.5 Å². The summed E-state index contributed by atoms with van der Waals surface area (Å²) in [5.74, 6) is -0.179. The summed E-state index contributed by atoms with van der Waals surface area (Å²) >= 11 is 5.97. The third kappa shape index (κ3) is 2.43. The van der Waals surface area contributed by atoms with Crippen LogP contribution in [0.15, 0.2) is 48.8 Å². The van der Waals surface area contributed by atoms with Crippen LogP contribution >= 0.6 is 11.6 Å². The summed E-state index contributed by atoms with van der Waals surface area (Å²) in [5.41, 5.74) is 4.65. The van der Waals surface area contributed by atoms with Crippen LogP contribution in [0.2, 0.25) is 5.15 Å². The summed E-state index contributed by atoms with van der Waals surface area (Å²) in [5, 5.41) is 3.26. The molecule has 1 aliphatic heterocycles. The molecule has 0 aliphatic carbocycles. The lowest BCUT2D eigenvalue weighted by Gasteiger charge is -2.06. The topological polar surface area (TPSA) is 51.3 Å². The van der Waals surface area contributed by atoms with Crippen molar-refractivity contribution in [1.29, 1.82) is 0 Å². The van der Waals surface area contributed by atoms with Crippen molar-refractivity contribution in [2.24, 2.45) is 0 Å². The molecule has 6 heteroatoms. The Hall–Kier alpha value is -3.10. The summed E-state index contributed by atoms with van der Waals surface area (Å²) in [6, 6.07) is 10.9. The largest absolute Gasteiger partial charge is 0.338 e. The summed E-state index contributed by atoms with van der Waals surface area (Å²) < 4.78 is 1.90. The van der Waals surface area contributed by atoms with Crippen molar-refractivity contribution in [3.63, 3.8) is 0 Å². The van der Waals surface area contributed by atoms with Gasteiger partial charge in [0.05, 0.1) is 18.5 Å². The van der Waals surface area contributed by atoms with Gasteiger partial charge in [-0.2, -0.15) is 0 Å². The van der Waals surface area contributed by atoms with Crippen LogP contribution in [0.4, 0.5) is 11.4 Å². The van der Waals surface area contributed by atoms with Crippen molar-refractivity contribution < 1.29 is 4.79 Å². The molecule has 5 nitrogen and oxygen atoms in total. The van der Waals surface area contributed by atoms with Gasteiger partial charge < -0.3 is 9.88 Å². The molecule has 0 unspecified atom stereocenters. The van der Waals surface area contributed by atoms with Crippen LogP contribution in [-0.2, 0) is 6.54 Å². The molecule has 1 N–H and O–H groups in total. The number of anilines is 1. The number of pyridine rings is 1. The first kappa shape index (κ1) is 14.5. The highest BCUT2D eigenvalue weighted by molar-refractivity contribution is 6.29. The molecule has 2 aromatic heterocycles. The number of hydrogen-bond donors (Lipinski definition) is 1. The fraction of sp³-hybridized carbons (Fsp3) is 0.0556. The molecule has 1 amide bonds. The van der Waals surface area contributed by atoms with Gasteiger partial charge in [-0.25, -0.2) is 9.83 Å². The number of carbonyl (C=O) groups is 1. The third-order valence-corrected chi connectivity index (χ3v) is 4.21. The number of aromatic nitrogens is 2. The molecule has 0 atom stereocenters. The number of hydrogen-bond acceptors (Lipinski definition) is 2. The maximum atomic E-state index is 12.5. The van der Waals surface area contributed by atoms with E-state index in [-0.39, 0.29) is 5.91 Å². The fourth-order valence-electron chi connectivity index (χ4n) is 2.80. The highest BCUT2D eigenvalue weighted by atomic mass is 35.5.